The van der Waals surface area contributed by atoms with Gasteiger partial charge in [0, 0.05) is 10.4 Å². The molecule has 1 unspecified atom stereocenters. The molecule has 0 fully saturated rings. The highest BCUT2D eigenvalue weighted by atomic mass is 32.1. The summed E-state index contributed by atoms with van der Waals surface area (Å²) in [5.74, 6) is -0.210. The highest BCUT2D eigenvalue weighted by Gasteiger charge is 2.21. The van der Waals surface area contributed by atoms with Crippen LogP contribution in [0.25, 0.3) is 0 Å². The highest BCUT2D eigenvalue weighted by molar-refractivity contribution is 7.10. The lowest BCUT2D eigenvalue weighted by Gasteiger charge is -2.15. The van der Waals surface area contributed by atoms with E-state index in [9.17, 15) is 9.59 Å². The molecule has 22 heavy (non-hydrogen) atoms. The highest BCUT2D eigenvalue weighted by Crippen LogP contribution is 2.32. The Labute approximate surface area is 130 Å². The molecule has 0 bridgehead atoms. The molecule has 3 rings (SSSR count). The lowest BCUT2D eigenvalue weighted by Crippen LogP contribution is -2.29. The van der Waals surface area contributed by atoms with Crippen molar-refractivity contribution < 1.29 is 24.2 Å². The van der Waals surface area contributed by atoms with E-state index >= 15 is 0 Å². The zero-order chi connectivity index (χ0) is 15.5. The lowest BCUT2D eigenvalue weighted by molar-refractivity contribution is -0.137. The van der Waals surface area contributed by atoms with Crippen LogP contribution >= 0.6 is 11.3 Å². The number of ether oxygens (including phenoxy) is 2. The smallest absolute Gasteiger partial charge is 0.305 e. The second-order valence-corrected chi connectivity index (χ2v) is 5.69. The van der Waals surface area contributed by atoms with Gasteiger partial charge in [-0.15, -0.1) is 11.3 Å². The molecule has 1 aliphatic heterocycles. The normalized spacial score (nSPS) is 13.6. The minimum absolute atomic E-state index is 0.136. The molecule has 6 nitrogen and oxygen atoms in total. The summed E-state index contributed by atoms with van der Waals surface area (Å²) in [7, 11) is 0. The van der Waals surface area contributed by atoms with Crippen molar-refractivity contribution in [2.45, 2.75) is 12.5 Å². The van der Waals surface area contributed by atoms with E-state index in [-0.39, 0.29) is 19.1 Å². The second kappa shape index (κ2) is 6.07. The molecule has 1 aromatic heterocycles. The molecular weight excluding hydrogens is 306 g/mol. The van der Waals surface area contributed by atoms with Gasteiger partial charge in [0.2, 0.25) is 6.79 Å². The SMILES string of the molecule is O=C(O)CC(NC(=O)c1ccc2c(c1)OCO2)c1cccs1. The molecule has 0 aliphatic carbocycles. The molecule has 2 aromatic rings. The van der Waals surface area contributed by atoms with Crippen LogP contribution in [0.3, 0.4) is 0 Å². The molecule has 0 radical (unpaired) electrons. The summed E-state index contributed by atoms with van der Waals surface area (Å²) in [4.78, 5) is 24.1. The Morgan fingerprint density at radius 2 is 2.09 bits per heavy atom. The van der Waals surface area contributed by atoms with E-state index < -0.39 is 12.0 Å². The Balaban J connectivity index is 1.77. The van der Waals surface area contributed by atoms with Crippen LogP contribution in [-0.2, 0) is 4.79 Å². The van der Waals surface area contributed by atoms with Crippen molar-refractivity contribution in [1.29, 1.82) is 0 Å². The minimum atomic E-state index is -0.968. The Hall–Kier alpha value is -2.54. The Morgan fingerprint density at radius 1 is 1.27 bits per heavy atom. The van der Waals surface area contributed by atoms with Crippen LogP contribution in [0, 0.1) is 0 Å². The van der Waals surface area contributed by atoms with Crippen LogP contribution in [-0.4, -0.2) is 23.8 Å². The van der Waals surface area contributed by atoms with Gasteiger partial charge in [0.25, 0.3) is 5.91 Å². The van der Waals surface area contributed by atoms with E-state index in [0.29, 0.717) is 17.1 Å². The summed E-state index contributed by atoms with van der Waals surface area (Å²) >= 11 is 1.41. The van der Waals surface area contributed by atoms with Gasteiger partial charge < -0.3 is 19.9 Å². The van der Waals surface area contributed by atoms with Gasteiger partial charge in [-0.1, -0.05) is 6.07 Å². The fourth-order valence-corrected chi connectivity index (χ4v) is 2.94. The lowest BCUT2D eigenvalue weighted by atomic mass is 10.1. The number of carboxylic acids is 1. The quantitative estimate of drug-likeness (QED) is 0.884. The largest absolute Gasteiger partial charge is 0.481 e. The molecule has 1 amide bonds. The molecule has 1 aliphatic rings. The fraction of sp³-hybridized carbons (Fsp3) is 0.200. The first-order valence-electron chi connectivity index (χ1n) is 6.59. The predicted octanol–water partition coefficient (Wildman–Crippen LogP) is 2.42. The first-order valence-corrected chi connectivity index (χ1v) is 7.47. The van der Waals surface area contributed by atoms with Crippen molar-refractivity contribution in [2.24, 2.45) is 0 Å². The number of carboxylic acid groups (broad SMARTS) is 1. The van der Waals surface area contributed by atoms with Crippen LogP contribution in [0.15, 0.2) is 35.7 Å². The van der Waals surface area contributed by atoms with E-state index in [4.69, 9.17) is 14.6 Å². The predicted molar refractivity (Wildman–Crippen MR) is 79.3 cm³/mol. The maximum absolute atomic E-state index is 12.3. The number of hydrogen-bond acceptors (Lipinski definition) is 5. The minimum Gasteiger partial charge on any atom is -0.481 e. The van der Waals surface area contributed by atoms with Gasteiger partial charge in [0.05, 0.1) is 12.5 Å². The summed E-state index contributed by atoms with van der Waals surface area (Å²) in [5.41, 5.74) is 0.399. The van der Waals surface area contributed by atoms with Crippen molar-refractivity contribution in [3.8, 4) is 11.5 Å². The zero-order valence-electron chi connectivity index (χ0n) is 11.4. The molecule has 0 saturated heterocycles. The third-order valence-electron chi connectivity index (χ3n) is 3.21. The van der Waals surface area contributed by atoms with E-state index in [1.165, 1.54) is 11.3 Å². The zero-order valence-corrected chi connectivity index (χ0v) is 12.3. The Morgan fingerprint density at radius 3 is 2.82 bits per heavy atom. The van der Waals surface area contributed by atoms with Crippen LogP contribution in [0.4, 0.5) is 0 Å². The van der Waals surface area contributed by atoms with Crippen LogP contribution in [0.2, 0.25) is 0 Å². The number of nitrogens with one attached hydrogen (secondary N) is 1. The van der Waals surface area contributed by atoms with E-state index in [1.807, 2.05) is 11.4 Å². The summed E-state index contributed by atoms with van der Waals surface area (Å²) in [6.45, 7) is 0.136. The molecule has 114 valence electrons. The van der Waals surface area contributed by atoms with Crippen molar-refractivity contribution in [2.75, 3.05) is 6.79 Å². The fourth-order valence-electron chi connectivity index (χ4n) is 2.17. The summed E-state index contributed by atoms with van der Waals surface area (Å²) < 4.78 is 10.4. The van der Waals surface area contributed by atoms with Gasteiger partial charge >= 0.3 is 5.97 Å². The van der Waals surface area contributed by atoms with Crippen molar-refractivity contribution in [1.82, 2.24) is 5.32 Å². The van der Waals surface area contributed by atoms with Gasteiger partial charge in [-0.3, -0.25) is 9.59 Å². The summed E-state index contributed by atoms with van der Waals surface area (Å²) in [6.07, 6.45) is -0.170. The topological polar surface area (TPSA) is 84.9 Å². The molecule has 0 saturated carbocycles. The molecule has 7 heteroatoms. The van der Waals surface area contributed by atoms with Crippen LogP contribution < -0.4 is 14.8 Å². The number of carbonyl (C=O) groups is 2. The third-order valence-corrected chi connectivity index (χ3v) is 4.19. The standard InChI is InChI=1S/C15H13NO5S/c17-14(18)7-10(13-2-1-5-22-13)16-15(19)9-3-4-11-12(6-9)21-8-20-11/h1-6,10H,7-8H2,(H,16,19)(H,17,18). The molecule has 2 N–H and O–H groups in total. The average molecular weight is 319 g/mol. The van der Waals surface area contributed by atoms with Crippen molar-refractivity contribution in [3.63, 3.8) is 0 Å². The number of thiophene rings is 1. The molecule has 2 heterocycles. The number of hydrogen-bond donors (Lipinski definition) is 2. The summed E-state index contributed by atoms with van der Waals surface area (Å²) in [5, 5.41) is 13.6. The van der Waals surface area contributed by atoms with Gasteiger partial charge in [-0.05, 0) is 29.6 Å². The number of carbonyl (C=O) groups excluding carboxylic acids is 1. The molecule has 1 atom stereocenters. The second-order valence-electron chi connectivity index (χ2n) is 4.71. The first kappa shape index (κ1) is 14.4. The number of aliphatic carboxylic acids is 1. The van der Waals surface area contributed by atoms with E-state index in [2.05, 4.69) is 5.32 Å². The van der Waals surface area contributed by atoms with E-state index in [1.54, 1.807) is 24.3 Å². The first-order chi connectivity index (χ1) is 10.6. The van der Waals surface area contributed by atoms with Gasteiger partial charge in [0.1, 0.15) is 0 Å². The summed E-state index contributed by atoms with van der Waals surface area (Å²) in [6, 6.07) is 7.93. The number of rotatable bonds is 5. The molecule has 0 spiro atoms. The van der Waals surface area contributed by atoms with E-state index in [0.717, 1.165) is 4.88 Å². The van der Waals surface area contributed by atoms with Crippen molar-refractivity contribution >= 4 is 23.2 Å². The monoisotopic (exact) mass is 319 g/mol. The van der Waals surface area contributed by atoms with Gasteiger partial charge in [0.15, 0.2) is 11.5 Å². The number of benzene rings is 1. The number of amides is 1. The van der Waals surface area contributed by atoms with Crippen LogP contribution in [0.5, 0.6) is 11.5 Å². The van der Waals surface area contributed by atoms with Gasteiger partial charge in [-0.2, -0.15) is 0 Å². The number of fused-ring (bicyclic) bond motifs is 1. The maximum atomic E-state index is 12.3. The van der Waals surface area contributed by atoms with Crippen molar-refractivity contribution in [3.05, 3.63) is 46.2 Å². The third kappa shape index (κ3) is 3.04. The Kier molecular flexibility index (Phi) is 3.97. The molecular formula is C15H13NO5S. The molecule has 1 aromatic carbocycles. The Bertz CT molecular complexity index is 698. The van der Waals surface area contributed by atoms with Gasteiger partial charge in [-0.25, -0.2) is 0 Å². The average Bonchev–Trinajstić information content (AvgIpc) is 3.16. The van der Waals surface area contributed by atoms with Crippen LogP contribution in [0.1, 0.15) is 27.7 Å². The maximum Gasteiger partial charge on any atom is 0.305 e.